The molecular weight excluding hydrogens is 400 g/mol. The Labute approximate surface area is 159 Å². The van der Waals surface area contributed by atoms with E-state index in [4.69, 9.17) is 11.6 Å². The number of benzene rings is 1. The predicted octanol–water partition coefficient (Wildman–Crippen LogP) is 2.69. The molecule has 26 heavy (non-hydrogen) atoms. The summed E-state index contributed by atoms with van der Waals surface area (Å²) in [7, 11) is -3.59. The second-order valence-corrected chi connectivity index (χ2v) is 9.40. The monoisotopic (exact) mass is 412 g/mol. The molecule has 1 aromatic carbocycles. The first kappa shape index (κ1) is 18.6. The highest BCUT2D eigenvalue weighted by atomic mass is 35.5. The van der Waals surface area contributed by atoms with Gasteiger partial charge in [0.05, 0.1) is 20.5 Å². The van der Waals surface area contributed by atoms with E-state index < -0.39 is 14.9 Å². The Morgan fingerprint density at radius 1 is 1.19 bits per heavy atom. The van der Waals surface area contributed by atoms with Gasteiger partial charge in [-0.05, 0) is 18.2 Å². The molecule has 3 rings (SSSR count). The van der Waals surface area contributed by atoms with Crippen molar-refractivity contribution in [2.75, 3.05) is 31.1 Å². The first-order valence-electron chi connectivity index (χ1n) is 7.52. The van der Waals surface area contributed by atoms with Crippen molar-refractivity contribution < 1.29 is 13.3 Å². The van der Waals surface area contributed by atoms with Crippen LogP contribution in [-0.2, 0) is 10.0 Å². The molecule has 0 amide bonds. The van der Waals surface area contributed by atoms with Crippen LogP contribution in [0.15, 0.2) is 34.5 Å². The summed E-state index contributed by atoms with van der Waals surface area (Å²) in [4.78, 5) is 12.1. The molecule has 136 valence electrons. The first-order valence-corrected chi connectivity index (χ1v) is 10.2. The lowest BCUT2D eigenvalue weighted by Crippen LogP contribution is -2.48. The van der Waals surface area contributed by atoms with Crippen LogP contribution in [0.2, 0.25) is 4.34 Å². The third kappa shape index (κ3) is 3.52. The molecule has 1 aliphatic rings. The molecule has 2 heterocycles. The SMILES string of the molecule is N#Cc1cc([N+](=O)[O-])ccc1N1CCN(S(=O)(=O)c2ccc(Cl)s2)CC1. The normalized spacial score (nSPS) is 15.6. The second kappa shape index (κ2) is 7.20. The Bertz CT molecular complexity index is 991. The van der Waals surface area contributed by atoms with Gasteiger partial charge < -0.3 is 4.90 Å². The summed E-state index contributed by atoms with van der Waals surface area (Å²) in [6.07, 6.45) is 0. The van der Waals surface area contributed by atoms with Crippen LogP contribution in [0.25, 0.3) is 0 Å². The van der Waals surface area contributed by atoms with Gasteiger partial charge in [-0.1, -0.05) is 11.6 Å². The Balaban J connectivity index is 1.77. The van der Waals surface area contributed by atoms with Crippen molar-refractivity contribution >= 4 is 44.3 Å². The Morgan fingerprint density at radius 2 is 1.88 bits per heavy atom. The summed E-state index contributed by atoms with van der Waals surface area (Å²) >= 11 is 6.84. The van der Waals surface area contributed by atoms with E-state index in [1.165, 1.54) is 28.6 Å². The standard InChI is InChI=1S/C15H13ClN4O4S2/c16-14-3-4-15(25-14)26(23,24)19-7-5-18(6-8-19)13-2-1-12(20(21)22)9-11(13)10-17/h1-4,9H,5-8H2. The molecular formula is C15H13ClN4O4S2. The van der Waals surface area contributed by atoms with E-state index in [-0.39, 0.29) is 28.5 Å². The molecule has 11 heteroatoms. The number of piperazine rings is 1. The Hall–Kier alpha value is -2.19. The maximum absolute atomic E-state index is 12.6. The lowest BCUT2D eigenvalue weighted by Gasteiger charge is -2.35. The van der Waals surface area contributed by atoms with Crippen molar-refractivity contribution in [3.63, 3.8) is 0 Å². The summed E-state index contributed by atoms with van der Waals surface area (Å²) in [5, 5.41) is 20.1. The highest BCUT2D eigenvalue weighted by molar-refractivity contribution is 7.91. The molecule has 0 spiro atoms. The van der Waals surface area contributed by atoms with Gasteiger partial charge in [0.1, 0.15) is 10.3 Å². The quantitative estimate of drug-likeness (QED) is 0.564. The number of anilines is 1. The third-order valence-electron chi connectivity index (χ3n) is 4.03. The second-order valence-electron chi connectivity index (χ2n) is 5.52. The van der Waals surface area contributed by atoms with Gasteiger partial charge in [-0.15, -0.1) is 11.3 Å². The van der Waals surface area contributed by atoms with E-state index >= 15 is 0 Å². The fourth-order valence-electron chi connectivity index (χ4n) is 2.74. The zero-order chi connectivity index (χ0) is 18.9. The van der Waals surface area contributed by atoms with E-state index in [0.717, 1.165) is 11.3 Å². The van der Waals surface area contributed by atoms with E-state index in [1.54, 1.807) is 6.07 Å². The molecule has 0 atom stereocenters. The van der Waals surface area contributed by atoms with Gasteiger partial charge in [0.25, 0.3) is 15.7 Å². The number of nitro groups is 1. The summed E-state index contributed by atoms with van der Waals surface area (Å²) in [5.41, 5.74) is 0.607. The van der Waals surface area contributed by atoms with Gasteiger partial charge in [0.15, 0.2) is 0 Å². The fraction of sp³-hybridized carbons (Fsp3) is 0.267. The Morgan fingerprint density at radius 3 is 2.42 bits per heavy atom. The summed E-state index contributed by atoms with van der Waals surface area (Å²) in [5.74, 6) is 0. The third-order valence-corrected chi connectivity index (χ3v) is 7.63. The number of nitro benzene ring substituents is 1. The minimum atomic E-state index is -3.59. The molecule has 2 aromatic rings. The van der Waals surface area contributed by atoms with Gasteiger partial charge in [0, 0.05) is 38.3 Å². The van der Waals surface area contributed by atoms with Crippen LogP contribution in [0.5, 0.6) is 0 Å². The molecule has 1 aromatic heterocycles. The van der Waals surface area contributed by atoms with E-state index in [0.29, 0.717) is 23.1 Å². The molecule has 0 unspecified atom stereocenters. The smallest absolute Gasteiger partial charge is 0.270 e. The van der Waals surface area contributed by atoms with Gasteiger partial charge in [-0.2, -0.15) is 9.57 Å². The van der Waals surface area contributed by atoms with E-state index in [1.807, 2.05) is 11.0 Å². The average molecular weight is 413 g/mol. The highest BCUT2D eigenvalue weighted by Crippen LogP contribution is 2.30. The van der Waals surface area contributed by atoms with Crippen LogP contribution in [0.4, 0.5) is 11.4 Å². The lowest BCUT2D eigenvalue weighted by molar-refractivity contribution is -0.384. The highest BCUT2D eigenvalue weighted by Gasteiger charge is 2.30. The van der Waals surface area contributed by atoms with Crippen LogP contribution in [0.3, 0.4) is 0 Å². The van der Waals surface area contributed by atoms with Crippen molar-refractivity contribution in [2.24, 2.45) is 0 Å². The van der Waals surface area contributed by atoms with Crippen molar-refractivity contribution in [3.8, 4) is 6.07 Å². The molecule has 1 fully saturated rings. The van der Waals surface area contributed by atoms with Crippen molar-refractivity contribution in [2.45, 2.75) is 4.21 Å². The number of hydrogen-bond donors (Lipinski definition) is 0. The number of halogens is 1. The van der Waals surface area contributed by atoms with Crippen LogP contribution in [-0.4, -0.2) is 43.8 Å². The molecule has 0 bridgehead atoms. The maximum Gasteiger partial charge on any atom is 0.270 e. The number of hydrogen-bond acceptors (Lipinski definition) is 7. The van der Waals surface area contributed by atoms with Crippen molar-refractivity contribution in [1.82, 2.24) is 4.31 Å². The number of nitrogens with zero attached hydrogens (tertiary/aromatic N) is 4. The number of thiophene rings is 1. The molecule has 1 aliphatic heterocycles. The topological polar surface area (TPSA) is 108 Å². The van der Waals surface area contributed by atoms with E-state index in [9.17, 15) is 23.8 Å². The van der Waals surface area contributed by atoms with Crippen LogP contribution in [0, 0.1) is 21.4 Å². The molecule has 0 radical (unpaired) electrons. The number of rotatable bonds is 4. The predicted molar refractivity (Wildman–Crippen MR) is 98.1 cm³/mol. The minimum Gasteiger partial charge on any atom is -0.368 e. The Kier molecular flexibility index (Phi) is 5.15. The number of nitriles is 1. The van der Waals surface area contributed by atoms with Gasteiger partial charge in [0.2, 0.25) is 0 Å². The zero-order valence-corrected chi connectivity index (χ0v) is 15.7. The molecule has 0 N–H and O–H groups in total. The lowest BCUT2D eigenvalue weighted by atomic mass is 10.1. The molecule has 0 saturated carbocycles. The minimum absolute atomic E-state index is 0.152. The molecule has 1 saturated heterocycles. The van der Waals surface area contributed by atoms with Gasteiger partial charge in [-0.3, -0.25) is 10.1 Å². The summed E-state index contributed by atoms with van der Waals surface area (Å²) in [6, 6.07) is 9.10. The first-order chi connectivity index (χ1) is 12.3. The van der Waals surface area contributed by atoms with Gasteiger partial charge in [-0.25, -0.2) is 8.42 Å². The summed E-state index contributed by atoms with van der Waals surface area (Å²) < 4.78 is 27.2. The fourth-order valence-corrected chi connectivity index (χ4v) is 5.80. The number of sulfonamides is 1. The van der Waals surface area contributed by atoms with Crippen molar-refractivity contribution in [1.29, 1.82) is 5.26 Å². The van der Waals surface area contributed by atoms with Crippen LogP contribution >= 0.6 is 22.9 Å². The van der Waals surface area contributed by atoms with Gasteiger partial charge >= 0.3 is 0 Å². The van der Waals surface area contributed by atoms with Crippen LogP contribution in [0.1, 0.15) is 5.56 Å². The van der Waals surface area contributed by atoms with E-state index in [2.05, 4.69) is 0 Å². The summed E-state index contributed by atoms with van der Waals surface area (Å²) in [6.45, 7) is 1.26. The van der Waals surface area contributed by atoms with Crippen molar-refractivity contribution in [3.05, 3.63) is 50.3 Å². The van der Waals surface area contributed by atoms with Crippen LogP contribution < -0.4 is 4.90 Å². The molecule has 8 nitrogen and oxygen atoms in total. The maximum atomic E-state index is 12.6. The number of non-ortho nitro benzene ring substituents is 1. The molecule has 0 aliphatic carbocycles. The zero-order valence-electron chi connectivity index (χ0n) is 13.3. The average Bonchev–Trinajstić information content (AvgIpc) is 3.08. The largest absolute Gasteiger partial charge is 0.368 e.